The first kappa shape index (κ1) is 29.0. The van der Waals surface area contributed by atoms with Gasteiger partial charge in [0.25, 0.3) is 5.91 Å². The summed E-state index contributed by atoms with van der Waals surface area (Å²) in [5.74, 6) is 0.799. The number of nitriles is 1. The molecule has 0 radical (unpaired) electrons. The second-order valence-corrected chi connectivity index (χ2v) is 11.3. The number of amides is 1. The molecule has 4 heterocycles. The van der Waals surface area contributed by atoms with Gasteiger partial charge in [0.2, 0.25) is 0 Å². The maximum absolute atomic E-state index is 14.9. The van der Waals surface area contributed by atoms with E-state index in [0.717, 1.165) is 31.9 Å². The minimum atomic E-state index is -1.45. The molecule has 43 heavy (non-hydrogen) atoms. The molecule has 224 valence electrons. The number of carbonyl (C=O) groups excluding carboxylic acids is 1. The van der Waals surface area contributed by atoms with E-state index in [9.17, 15) is 19.6 Å². The first-order valence-electron chi connectivity index (χ1n) is 14.7. The van der Waals surface area contributed by atoms with Crippen molar-refractivity contribution < 1.29 is 23.8 Å². The van der Waals surface area contributed by atoms with Gasteiger partial charge in [-0.05, 0) is 68.3 Å². The number of aliphatic hydroxyl groups is 1. The second kappa shape index (κ2) is 12.6. The fourth-order valence-corrected chi connectivity index (χ4v) is 6.01. The summed E-state index contributed by atoms with van der Waals surface area (Å²) < 4.78 is 26.2. The molecular weight excluding hydrogens is 551 g/mol. The molecule has 1 amide bonds. The SMILES string of the molecule is C[C@H](O)C(=O)N1CC[C@H](Oc2ccc(-c3nccc(Nc4ccc([C@H]5CCCN5C5COC5)cc4)n3)cc2C#N)[C@H](F)C1. The van der Waals surface area contributed by atoms with Crippen molar-refractivity contribution in [2.45, 2.75) is 56.6 Å². The Morgan fingerprint density at radius 1 is 1.19 bits per heavy atom. The maximum atomic E-state index is 14.9. The van der Waals surface area contributed by atoms with Gasteiger partial charge in [0.1, 0.15) is 29.8 Å². The highest BCUT2D eigenvalue weighted by molar-refractivity contribution is 5.80. The number of likely N-dealkylation sites (tertiary alicyclic amines) is 2. The first-order valence-corrected chi connectivity index (χ1v) is 14.7. The molecule has 11 heteroatoms. The zero-order valence-electron chi connectivity index (χ0n) is 24.0. The van der Waals surface area contributed by atoms with E-state index in [1.54, 1.807) is 30.5 Å². The Balaban J connectivity index is 1.11. The molecule has 0 unspecified atom stereocenters. The number of alkyl halides is 1. The predicted octanol–water partition coefficient (Wildman–Crippen LogP) is 3.99. The highest BCUT2D eigenvalue weighted by Gasteiger charge is 2.36. The van der Waals surface area contributed by atoms with Crippen molar-refractivity contribution in [1.29, 1.82) is 5.26 Å². The minimum Gasteiger partial charge on any atom is -0.486 e. The van der Waals surface area contributed by atoms with Crippen molar-refractivity contribution in [3.05, 3.63) is 65.9 Å². The molecule has 10 nitrogen and oxygen atoms in total. The van der Waals surface area contributed by atoms with Gasteiger partial charge in [-0.2, -0.15) is 5.26 Å². The van der Waals surface area contributed by atoms with Crippen molar-refractivity contribution >= 4 is 17.4 Å². The standard InChI is InChI=1S/C32H35FN6O4/c1-20(40)32(41)38-14-11-29(26(33)17-38)43-28-9-6-22(15-23(28)16-34)31-35-12-10-30(37-31)36-24-7-4-21(5-8-24)27-3-2-13-39(27)25-18-42-19-25/h4-10,12,15,20,25-27,29,40H,2-3,11,13-14,17-19H2,1H3,(H,35,36,37)/t20-,26+,27+,29-/m0/s1. The highest BCUT2D eigenvalue weighted by atomic mass is 19.1. The topological polar surface area (TPSA) is 124 Å². The van der Waals surface area contributed by atoms with Crippen LogP contribution in [-0.2, 0) is 9.53 Å². The van der Waals surface area contributed by atoms with E-state index >= 15 is 0 Å². The van der Waals surface area contributed by atoms with Crippen molar-refractivity contribution in [2.75, 3.05) is 38.2 Å². The van der Waals surface area contributed by atoms with Crippen LogP contribution in [0.15, 0.2) is 54.7 Å². The summed E-state index contributed by atoms with van der Waals surface area (Å²) in [4.78, 5) is 24.9. The third-order valence-electron chi connectivity index (χ3n) is 8.39. The van der Waals surface area contributed by atoms with Gasteiger partial charge in [0, 0.05) is 36.5 Å². The van der Waals surface area contributed by atoms with Crippen LogP contribution in [0.2, 0.25) is 0 Å². The van der Waals surface area contributed by atoms with Crippen molar-refractivity contribution in [1.82, 2.24) is 19.8 Å². The molecule has 2 aromatic carbocycles. The van der Waals surface area contributed by atoms with E-state index in [2.05, 4.69) is 50.5 Å². The molecule has 1 aromatic heterocycles. The average Bonchev–Trinajstić information content (AvgIpc) is 3.46. The number of hydrogen-bond donors (Lipinski definition) is 2. The number of aromatic nitrogens is 2. The lowest BCUT2D eigenvalue weighted by molar-refractivity contribution is -0.143. The molecule has 3 saturated heterocycles. The zero-order valence-corrected chi connectivity index (χ0v) is 24.0. The van der Waals surface area contributed by atoms with Crippen molar-refractivity contribution in [3.63, 3.8) is 0 Å². The smallest absolute Gasteiger partial charge is 0.251 e. The Morgan fingerprint density at radius 3 is 2.70 bits per heavy atom. The maximum Gasteiger partial charge on any atom is 0.251 e. The molecule has 0 spiro atoms. The number of ether oxygens (including phenoxy) is 2. The number of nitrogens with one attached hydrogen (secondary N) is 1. The van der Waals surface area contributed by atoms with Gasteiger partial charge in [-0.25, -0.2) is 14.4 Å². The molecule has 3 fully saturated rings. The number of benzene rings is 2. The third-order valence-corrected chi connectivity index (χ3v) is 8.39. The van der Waals surface area contributed by atoms with Gasteiger partial charge < -0.3 is 24.8 Å². The fraction of sp³-hybridized carbons (Fsp3) is 0.438. The number of carbonyl (C=O) groups is 1. The van der Waals surface area contributed by atoms with Gasteiger partial charge in [0.15, 0.2) is 12.0 Å². The van der Waals surface area contributed by atoms with Crippen LogP contribution in [0.1, 0.15) is 43.4 Å². The third kappa shape index (κ3) is 6.32. The molecule has 0 aliphatic carbocycles. The molecule has 3 aromatic rings. The molecular formula is C32H35FN6O4. The minimum absolute atomic E-state index is 0.167. The largest absolute Gasteiger partial charge is 0.486 e. The molecule has 3 aliphatic heterocycles. The summed E-state index contributed by atoms with van der Waals surface area (Å²) >= 11 is 0. The number of aliphatic hydroxyl groups excluding tert-OH is 1. The van der Waals surface area contributed by atoms with Gasteiger partial charge in [-0.1, -0.05) is 12.1 Å². The van der Waals surface area contributed by atoms with E-state index < -0.39 is 24.3 Å². The number of anilines is 2. The molecule has 0 bridgehead atoms. The van der Waals surface area contributed by atoms with E-state index in [4.69, 9.17) is 9.47 Å². The van der Waals surface area contributed by atoms with E-state index in [1.807, 2.05) is 0 Å². The predicted molar refractivity (Wildman–Crippen MR) is 157 cm³/mol. The summed E-state index contributed by atoms with van der Waals surface area (Å²) in [6.07, 6.45) is 0.827. The Hall–Kier alpha value is -4.11. The van der Waals surface area contributed by atoms with Crippen LogP contribution in [0, 0.1) is 11.3 Å². The Morgan fingerprint density at radius 2 is 2.00 bits per heavy atom. The van der Waals surface area contributed by atoms with Crippen LogP contribution in [-0.4, -0.2) is 88.1 Å². The number of nitrogens with zero attached hydrogens (tertiary/aromatic N) is 5. The Bertz CT molecular complexity index is 1490. The van der Waals surface area contributed by atoms with Crippen molar-refractivity contribution in [2.24, 2.45) is 0 Å². The van der Waals surface area contributed by atoms with Gasteiger partial charge in [0.05, 0.1) is 31.4 Å². The van der Waals surface area contributed by atoms with Gasteiger partial charge in [-0.15, -0.1) is 0 Å². The van der Waals surface area contributed by atoms with E-state index in [0.29, 0.717) is 29.3 Å². The number of halogens is 1. The fourth-order valence-electron chi connectivity index (χ4n) is 6.01. The number of rotatable bonds is 8. The Kier molecular flexibility index (Phi) is 8.51. The number of hydrogen-bond acceptors (Lipinski definition) is 9. The van der Waals surface area contributed by atoms with Crippen LogP contribution in [0.5, 0.6) is 5.75 Å². The summed E-state index contributed by atoms with van der Waals surface area (Å²) in [5.41, 5.74) is 3.08. The molecule has 3 aliphatic rings. The molecule has 2 N–H and O–H groups in total. The highest BCUT2D eigenvalue weighted by Crippen LogP contribution is 2.36. The van der Waals surface area contributed by atoms with Gasteiger partial charge in [-0.3, -0.25) is 9.69 Å². The zero-order chi connectivity index (χ0) is 29.9. The van der Waals surface area contributed by atoms with Crippen LogP contribution in [0.25, 0.3) is 11.4 Å². The summed E-state index contributed by atoms with van der Waals surface area (Å²) in [5, 5.41) is 22.7. The molecule has 0 saturated carbocycles. The molecule has 6 rings (SSSR count). The first-order chi connectivity index (χ1) is 20.9. The lowest BCUT2D eigenvalue weighted by Gasteiger charge is -2.38. The molecule has 4 atom stereocenters. The lowest BCUT2D eigenvalue weighted by Crippen LogP contribution is -2.51. The second-order valence-electron chi connectivity index (χ2n) is 11.3. The average molecular weight is 587 g/mol. The quantitative estimate of drug-likeness (QED) is 0.403. The normalized spacial score (nSPS) is 23.3. The van der Waals surface area contributed by atoms with Crippen LogP contribution >= 0.6 is 0 Å². The van der Waals surface area contributed by atoms with Crippen LogP contribution in [0.3, 0.4) is 0 Å². The van der Waals surface area contributed by atoms with E-state index in [-0.39, 0.29) is 30.8 Å². The van der Waals surface area contributed by atoms with Crippen molar-refractivity contribution in [3.8, 4) is 23.2 Å². The van der Waals surface area contributed by atoms with E-state index in [1.165, 1.54) is 23.8 Å². The van der Waals surface area contributed by atoms with Gasteiger partial charge >= 0.3 is 0 Å². The monoisotopic (exact) mass is 586 g/mol. The summed E-state index contributed by atoms with van der Waals surface area (Å²) in [6, 6.07) is 18.3. The van der Waals surface area contributed by atoms with Crippen LogP contribution in [0.4, 0.5) is 15.9 Å². The lowest BCUT2D eigenvalue weighted by atomic mass is 10.0. The number of piperidine rings is 1. The Labute approximate surface area is 250 Å². The summed E-state index contributed by atoms with van der Waals surface area (Å²) in [6.45, 7) is 4.22. The van der Waals surface area contributed by atoms with Crippen LogP contribution < -0.4 is 10.1 Å². The summed E-state index contributed by atoms with van der Waals surface area (Å²) in [7, 11) is 0.